The van der Waals surface area contributed by atoms with Crippen molar-refractivity contribution in [1.29, 1.82) is 0 Å². The Morgan fingerprint density at radius 3 is 2.27 bits per heavy atom. The van der Waals surface area contributed by atoms with E-state index < -0.39 is 17.9 Å². The van der Waals surface area contributed by atoms with E-state index in [1.807, 2.05) is 0 Å². The number of carbonyl (C=O) groups is 1. The molecule has 1 heterocycles. The fraction of sp³-hybridized carbons (Fsp3) is 0.118. The fourth-order valence-corrected chi connectivity index (χ4v) is 2.02. The summed E-state index contributed by atoms with van der Waals surface area (Å²) in [7, 11) is 0. The summed E-state index contributed by atoms with van der Waals surface area (Å²) >= 11 is 0. The maximum absolute atomic E-state index is 12.8. The van der Waals surface area contributed by atoms with Crippen LogP contribution in [0.3, 0.4) is 0 Å². The van der Waals surface area contributed by atoms with Crippen LogP contribution in [0, 0.1) is 5.82 Å². The molecule has 0 aliphatic rings. The average Bonchev–Trinajstić information content (AvgIpc) is 3.12. The second kappa shape index (κ2) is 6.95. The quantitative estimate of drug-likeness (QED) is 0.501. The number of benzene rings is 2. The van der Waals surface area contributed by atoms with Crippen LogP contribution >= 0.6 is 0 Å². The van der Waals surface area contributed by atoms with Crippen LogP contribution in [0.5, 0.6) is 5.75 Å². The lowest BCUT2D eigenvalue weighted by molar-refractivity contribution is -0.159. The van der Waals surface area contributed by atoms with Gasteiger partial charge in [-0.1, -0.05) is 29.4 Å². The van der Waals surface area contributed by atoms with E-state index in [9.17, 15) is 22.4 Å². The summed E-state index contributed by atoms with van der Waals surface area (Å²) in [6, 6.07) is 10.8. The Balaban J connectivity index is 1.66. The summed E-state index contributed by atoms with van der Waals surface area (Å²) < 4.78 is 59.6. The van der Waals surface area contributed by atoms with Crippen molar-refractivity contribution < 1.29 is 31.6 Å². The van der Waals surface area contributed by atoms with Crippen LogP contribution in [-0.4, -0.2) is 22.5 Å². The van der Waals surface area contributed by atoms with Crippen molar-refractivity contribution in [2.45, 2.75) is 6.18 Å². The Bertz CT molecular complexity index is 903. The molecule has 0 saturated carbocycles. The Hall–Kier alpha value is -3.23. The molecule has 0 atom stereocenters. The van der Waals surface area contributed by atoms with Gasteiger partial charge in [0.2, 0.25) is 5.82 Å². The van der Waals surface area contributed by atoms with Gasteiger partial charge in [-0.05, 0) is 24.3 Å². The molecule has 0 fully saturated rings. The number of hydrogen-bond acceptors (Lipinski definition) is 5. The first-order valence-corrected chi connectivity index (χ1v) is 7.26. The van der Waals surface area contributed by atoms with Gasteiger partial charge in [-0.3, -0.25) is 4.79 Å². The average molecular weight is 366 g/mol. The van der Waals surface area contributed by atoms with Gasteiger partial charge < -0.3 is 9.26 Å². The molecule has 0 spiro atoms. The van der Waals surface area contributed by atoms with Gasteiger partial charge in [0.1, 0.15) is 11.6 Å². The van der Waals surface area contributed by atoms with Crippen LogP contribution in [0.1, 0.15) is 16.2 Å². The molecule has 3 rings (SSSR count). The molecule has 0 amide bonds. The van der Waals surface area contributed by atoms with Gasteiger partial charge in [-0.2, -0.15) is 18.2 Å². The first-order valence-electron chi connectivity index (χ1n) is 7.26. The lowest BCUT2D eigenvalue weighted by atomic mass is 10.1. The zero-order valence-electron chi connectivity index (χ0n) is 13.0. The molecule has 3 aromatic rings. The van der Waals surface area contributed by atoms with Crippen LogP contribution in [-0.2, 0) is 6.18 Å². The molecule has 0 aliphatic heterocycles. The van der Waals surface area contributed by atoms with E-state index in [0.29, 0.717) is 5.75 Å². The number of ether oxygens (including phenoxy) is 1. The first kappa shape index (κ1) is 17.6. The van der Waals surface area contributed by atoms with Crippen LogP contribution in [0.2, 0.25) is 0 Å². The van der Waals surface area contributed by atoms with Crippen molar-refractivity contribution in [1.82, 2.24) is 10.1 Å². The summed E-state index contributed by atoms with van der Waals surface area (Å²) in [5.41, 5.74) is 0.552. The summed E-state index contributed by atoms with van der Waals surface area (Å²) in [6.45, 7) is -0.272. The van der Waals surface area contributed by atoms with E-state index >= 15 is 0 Å². The van der Waals surface area contributed by atoms with E-state index in [0.717, 1.165) is 0 Å². The van der Waals surface area contributed by atoms with Crippen LogP contribution < -0.4 is 4.74 Å². The van der Waals surface area contributed by atoms with Crippen molar-refractivity contribution in [3.05, 3.63) is 65.8 Å². The van der Waals surface area contributed by atoms with Gasteiger partial charge in [0.15, 0.2) is 12.4 Å². The lowest BCUT2D eigenvalue weighted by Gasteiger charge is -2.05. The minimum Gasteiger partial charge on any atom is -0.485 e. The summed E-state index contributed by atoms with van der Waals surface area (Å²) in [5, 5.41) is 3.26. The van der Waals surface area contributed by atoms with E-state index in [1.54, 1.807) is 0 Å². The molecule has 0 unspecified atom stereocenters. The van der Waals surface area contributed by atoms with Gasteiger partial charge in [-0.25, -0.2) is 4.39 Å². The molecular formula is C17H10F4N2O3. The second-order valence-electron chi connectivity index (χ2n) is 5.16. The Morgan fingerprint density at radius 2 is 1.69 bits per heavy atom. The van der Waals surface area contributed by atoms with Gasteiger partial charge in [0.05, 0.1) is 0 Å². The number of carbonyl (C=O) groups excluding carboxylic acids is 1. The lowest BCUT2D eigenvalue weighted by Crippen LogP contribution is -2.11. The summed E-state index contributed by atoms with van der Waals surface area (Å²) in [6.07, 6.45) is -4.72. The number of aromatic nitrogens is 2. The topological polar surface area (TPSA) is 65.2 Å². The highest BCUT2D eigenvalue weighted by atomic mass is 19.4. The summed E-state index contributed by atoms with van der Waals surface area (Å²) in [5.74, 6) is -2.12. The zero-order chi connectivity index (χ0) is 18.7. The van der Waals surface area contributed by atoms with Gasteiger partial charge in [0.25, 0.3) is 0 Å². The molecule has 5 nitrogen and oxygen atoms in total. The second-order valence-corrected chi connectivity index (χ2v) is 5.16. The zero-order valence-corrected chi connectivity index (χ0v) is 13.0. The maximum Gasteiger partial charge on any atom is 0.471 e. The number of hydrogen-bond donors (Lipinski definition) is 0. The van der Waals surface area contributed by atoms with Crippen molar-refractivity contribution in [3.63, 3.8) is 0 Å². The van der Waals surface area contributed by atoms with E-state index in [4.69, 9.17) is 4.74 Å². The molecule has 0 bridgehead atoms. The Morgan fingerprint density at radius 1 is 1.04 bits per heavy atom. The number of Topliss-reactive ketones (excluding diaryl/α,β-unsaturated/α-hetero) is 1. The SMILES string of the molecule is O=C(COc1ccc(F)cc1)c1ccc(-c2noc(C(F)(F)F)n2)cc1. The Labute approximate surface area is 144 Å². The molecule has 134 valence electrons. The smallest absolute Gasteiger partial charge is 0.471 e. The molecule has 2 aromatic carbocycles. The largest absolute Gasteiger partial charge is 0.485 e. The highest BCUT2D eigenvalue weighted by Gasteiger charge is 2.38. The van der Waals surface area contributed by atoms with Crippen LogP contribution in [0.4, 0.5) is 17.6 Å². The van der Waals surface area contributed by atoms with Crippen molar-refractivity contribution in [2.24, 2.45) is 0 Å². The standard InChI is InChI=1S/C17H10F4N2O3/c18-12-5-7-13(8-6-12)25-9-14(24)10-1-3-11(4-2-10)15-22-16(26-23-15)17(19,20)21/h1-8H,9H2. The number of rotatable bonds is 5. The fourth-order valence-electron chi connectivity index (χ4n) is 2.02. The predicted molar refractivity (Wildman–Crippen MR) is 81.0 cm³/mol. The number of halogens is 4. The third kappa shape index (κ3) is 4.05. The minimum absolute atomic E-state index is 0.237. The van der Waals surface area contributed by atoms with Gasteiger partial charge >= 0.3 is 12.1 Å². The highest BCUT2D eigenvalue weighted by molar-refractivity contribution is 5.97. The van der Waals surface area contributed by atoms with Crippen molar-refractivity contribution in [2.75, 3.05) is 6.61 Å². The summed E-state index contributed by atoms with van der Waals surface area (Å²) in [4.78, 5) is 15.3. The van der Waals surface area contributed by atoms with Gasteiger partial charge in [0, 0.05) is 11.1 Å². The Kier molecular flexibility index (Phi) is 4.70. The van der Waals surface area contributed by atoms with Crippen LogP contribution in [0.15, 0.2) is 53.1 Å². The normalized spacial score (nSPS) is 11.4. The van der Waals surface area contributed by atoms with Gasteiger partial charge in [-0.15, -0.1) is 0 Å². The molecule has 0 saturated heterocycles. The third-order valence-corrected chi connectivity index (χ3v) is 3.32. The predicted octanol–water partition coefficient (Wildman–Crippen LogP) is 4.16. The molecule has 0 N–H and O–H groups in total. The molecular weight excluding hydrogens is 356 g/mol. The molecule has 0 aliphatic carbocycles. The monoisotopic (exact) mass is 366 g/mol. The third-order valence-electron chi connectivity index (χ3n) is 3.32. The minimum atomic E-state index is -4.72. The first-order chi connectivity index (χ1) is 12.3. The maximum atomic E-state index is 12.8. The van der Waals surface area contributed by atoms with Crippen molar-refractivity contribution in [3.8, 4) is 17.1 Å². The number of nitrogens with zero attached hydrogens (tertiary/aromatic N) is 2. The molecule has 0 radical (unpaired) electrons. The number of ketones is 1. The molecule has 9 heteroatoms. The van der Waals surface area contributed by atoms with E-state index in [2.05, 4.69) is 14.7 Å². The number of alkyl halides is 3. The van der Waals surface area contributed by atoms with E-state index in [-0.39, 0.29) is 29.3 Å². The molecule has 1 aromatic heterocycles. The molecule has 26 heavy (non-hydrogen) atoms. The van der Waals surface area contributed by atoms with Crippen molar-refractivity contribution >= 4 is 5.78 Å². The van der Waals surface area contributed by atoms with Crippen LogP contribution in [0.25, 0.3) is 11.4 Å². The highest BCUT2D eigenvalue weighted by Crippen LogP contribution is 2.29. The van der Waals surface area contributed by atoms with E-state index in [1.165, 1.54) is 48.5 Å².